The van der Waals surface area contributed by atoms with Gasteiger partial charge < -0.3 is 15.4 Å². The molecule has 0 bridgehead atoms. The first-order chi connectivity index (χ1) is 9.10. The third-order valence-corrected chi connectivity index (χ3v) is 4.21. The predicted molar refractivity (Wildman–Crippen MR) is 76.1 cm³/mol. The van der Waals surface area contributed by atoms with Crippen LogP contribution in [0.1, 0.15) is 58.8 Å². The Kier molecular flexibility index (Phi) is 5.22. The standard InChI is InChI=1S/C15H28N2O2/c1-12(2)17-14(18)11-16-10-13-6-9-15(19-13)7-4-3-5-8-15/h12-13,16H,3-11H2,1-2H3,(H,17,18). The highest BCUT2D eigenvalue weighted by atomic mass is 16.5. The molecule has 1 atom stereocenters. The van der Waals surface area contributed by atoms with Crippen LogP contribution in [-0.2, 0) is 9.53 Å². The molecule has 0 radical (unpaired) electrons. The van der Waals surface area contributed by atoms with E-state index < -0.39 is 0 Å². The Balaban J connectivity index is 1.64. The number of carbonyl (C=O) groups excluding carboxylic acids is 1. The molecular weight excluding hydrogens is 240 g/mol. The van der Waals surface area contributed by atoms with E-state index in [2.05, 4.69) is 10.6 Å². The van der Waals surface area contributed by atoms with Gasteiger partial charge in [-0.1, -0.05) is 19.3 Å². The maximum absolute atomic E-state index is 11.5. The number of hydrogen-bond acceptors (Lipinski definition) is 3. The molecule has 1 unspecified atom stereocenters. The lowest BCUT2D eigenvalue weighted by Gasteiger charge is -2.33. The van der Waals surface area contributed by atoms with Crippen molar-refractivity contribution in [1.29, 1.82) is 0 Å². The molecule has 4 heteroatoms. The monoisotopic (exact) mass is 268 g/mol. The van der Waals surface area contributed by atoms with E-state index in [1.807, 2.05) is 13.8 Å². The highest BCUT2D eigenvalue weighted by Gasteiger charge is 2.40. The van der Waals surface area contributed by atoms with Crippen molar-refractivity contribution in [2.24, 2.45) is 0 Å². The van der Waals surface area contributed by atoms with Gasteiger partial charge in [0.05, 0.1) is 18.2 Å². The highest BCUT2D eigenvalue weighted by Crippen LogP contribution is 2.41. The van der Waals surface area contributed by atoms with Crippen molar-refractivity contribution in [3.8, 4) is 0 Å². The second-order valence-electron chi connectivity index (χ2n) is 6.38. The zero-order valence-electron chi connectivity index (χ0n) is 12.3. The fourth-order valence-electron chi connectivity index (χ4n) is 3.32. The molecule has 0 aromatic rings. The van der Waals surface area contributed by atoms with Gasteiger partial charge in [-0.05, 0) is 39.5 Å². The molecule has 1 saturated heterocycles. The van der Waals surface area contributed by atoms with E-state index in [9.17, 15) is 4.79 Å². The van der Waals surface area contributed by atoms with Crippen LogP contribution < -0.4 is 10.6 Å². The Bertz CT molecular complexity index is 299. The van der Waals surface area contributed by atoms with Gasteiger partial charge in [-0.15, -0.1) is 0 Å². The van der Waals surface area contributed by atoms with Crippen molar-refractivity contribution in [2.75, 3.05) is 13.1 Å². The SMILES string of the molecule is CC(C)NC(=O)CNCC1CCC2(CCCCC2)O1. The summed E-state index contributed by atoms with van der Waals surface area (Å²) in [5.41, 5.74) is 0.185. The van der Waals surface area contributed by atoms with Crippen LogP contribution >= 0.6 is 0 Å². The molecule has 0 aromatic carbocycles. The summed E-state index contributed by atoms with van der Waals surface area (Å²) in [6.07, 6.45) is 9.10. The van der Waals surface area contributed by atoms with Gasteiger partial charge in [0.2, 0.25) is 5.91 Å². The summed E-state index contributed by atoms with van der Waals surface area (Å²) in [6, 6.07) is 0.211. The van der Waals surface area contributed by atoms with Crippen LogP contribution in [0.2, 0.25) is 0 Å². The third kappa shape index (κ3) is 4.46. The van der Waals surface area contributed by atoms with Crippen LogP contribution in [0.5, 0.6) is 0 Å². The second-order valence-corrected chi connectivity index (χ2v) is 6.38. The van der Waals surface area contributed by atoms with E-state index in [0.29, 0.717) is 12.6 Å². The Morgan fingerprint density at radius 2 is 2.00 bits per heavy atom. The van der Waals surface area contributed by atoms with E-state index >= 15 is 0 Å². The summed E-state index contributed by atoms with van der Waals surface area (Å²) in [6.45, 7) is 5.15. The molecule has 19 heavy (non-hydrogen) atoms. The van der Waals surface area contributed by atoms with Crippen LogP contribution in [0.25, 0.3) is 0 Å². The Hall–Kier alpha value is -0.610. The number of hydrogen-bond donors (Lipinski definition) is 2. The van der Waals surface area contributed by atoms with Crippen LogP contribution in [0.15, 0.2) is 0 Å². The number of rotatable bonds is 5. The minimum Gasteiger partial charge on any atom is -0.370 e. The van der Waals surface area contributed by atoms with Gasteiger partial charge in [-0.2, -0.15) is 0 Å². The average Bonchev–Trinajstić information content (AvgIpc) is 2.72. The van der Waals surface area contributed by atoms with Gasteiger partial charge in [0.15, 0.2) is 0 Å². The summed E-state index contributed by atoms with van der Waals surface area (Å²) in [5.74, 6) is 0.0698. The molecule has 2 rings (SSSR count). The first kappa shape index (κ1) is 14.8. The summed E-state index contributed by atoms with van der Waals surface area (Å²) < 4.78 is 6.26. The first-order valence-electron chi connectivity index (χ1n) is 7.78. The maximum atomic E-state index is 11.5. The molecule has 1 aliphatic heterocycles. The minimum absolute atomic E-state index is 0.0698. The molecule has 2 aliphatic rings. The van der Waals surface area contributed by atoms with Crippen molar-refractivity contribution in [3.63, 3.8) is 0 Å². The quantitative estimate of drug-likeness (QED) is 0.801. The molecule has 4 nitrogen and oxygen atoms in total. The van der Waals surface area contributed by atoms with E-state index in [4.69, 9.17) is 4.74 Å². The topological polar surface area (TPSA) is 50.4 Å². The Morgan fingerprint density at radius 3 is 2.68 bits per heavy atom. The van der Waals surface area contributed by atoms with Crippen LogP contribution in [-0.4, -0.2) is 36.7 Å². The third-order valence-electron chi connectivity index (χ3n) is 4.21. The van der Waals surface area contributed by atoms with Crippen molar-refractivity contribution in [1.82, 2.24) is 10.6 Å². The van der Waals surface area contributed by atoms with Crippen molar-refractivity contribution in [2.45, 2.75) is 76.5 Å². The number of ether oxygens (including phenoxy) is 1. The van der Waals surface area contributed by atoms with Gasteiger partial charge in [0, 0.05) is 12.6 Å². The fraction of sp³-hybridized carbons (Fsp3) is 0.933. The molecule has 110 valence electrons. The molecule has 0 aromatic heterocycles. The zero-order chi connectivity index (χ0) is 13.7. The normalized spacial score (nSPS) is 25.9. The smallest absolute Gasteiger partial charge is 0.234 e. The van der Waals surface area contributed by atoms with E-state index in [-0.39, 0.29) is 17.6 Å². The molecule has 1 heterocycles. The van der Waals surface area contributed by atoms with Gasteiger partial charge in [0.1, 0.15) is 0 Å². The second kappa shape index (κ2) is 6.71. The van der Waals surface area contributed by atoms with Crippen molar-refractivity contribution in [3.05, 3.63) is 0 Å². The molecule has 1 saturated carbocycles. The van der Waals surface area contributed by atoms with Gasteiger partial charge in [0.25, 0.3) is 0 Å². The molecule has 1 aliphatic carbocycles. The number of nitrogens with one attached hydrogen (secondary N) is 2. The summed E-state index contributed by atoms with van der Waals surface area (Å²) in [5, 5.41) is 6.10. The lowest BCUT2D eigenvalue weighted by Crippen LogP contribution is -2.40. The van der Waals surface area contributed by atoms with Crippen LogP contribution in [0.3, 0.4) is 0 Å². The molecular formula is C15H28N2O2. The number of carbonyl (C=O) groups is 1. The minimum atomic E-state index is 0.0698. The van der Waals surface area contributed by atoms with E-state index in [1.165, 1.54) is 38.5 Å². The Labute approximate surface area is 116 Å². The zero-order valence-corrected chi connectivity index (χ0v) is 12.3. The lowest BCUT2D eigenvalue weighted by atomic mass is 9.83. The van der Waals surface area contributed by atoms with Crippen LogP contribution in [0, 0.1) is 0 Å². The Morgan fingerprint density at radius 1 is 1.26 bits per heavy atom. The predicted octanol–water partition coefficient (Wildman–Crippen LogP) is 1.98. The largest absolute Gasteiger partial charge is 0.370 e. The van der Waals surface area contributed by atoms with Gasteiger partial charge in [-0.25, -0.2) is 0 Å². The molecule has 2 fully saturated rings. The highest BCUT2D eigenvalue weighted by molar-refractivity contribution is 5.78. The summed E-state index contributed by atoms with van der Waals surface area (Å²) >= 11 is 0. The van der Waals surface area contributed by atoms with Crippen LogP contribution in [0.4, 0.5) is 0 Å². The first-order valence-corrected chi connectivity index (χ1v) is 7.78. The molecule has 1 spiro atoms. The van der Waals surface area contributed by atoms with E-state index in [0.717, 1.165) is 13.0 Å². The van der Waals surface area contributed by atoms with Crippen molar-refractivity contribution >= 4 is 5.91 Å². The molecule has 2 N–H and O–H groups in total. The van der Waals surface area contributed by atoms with E-state index in [1.54, 1.807) is 0 Å². The summed E-state index contributed by atoms with van der Waals surface area (Å²) in [7, 11) is 0. The molecule has 1 amide bonds. The van der Waals surface area contributed by atoms with Gasteiger partial charge in [-0.3, -0.25) is 4.79 Å². The number of amides is 1. The average molecular weight is 268 g/mol. The fourth-order valence-corrected chi connectivity index (χ4v) is 3.32. The maximum Gasteiger partial charge on any atom is 0.234 e. The summed E-state index contributed by atoms with van der Waals surface area (Å²) in [4.78, 5) is 11.5. The van der Waals surface area contributed by atoms with Crippen molar-refractivity contribution < 1.29 is 9.53 Å². The lowest BCUT2D eigenvalue weighted by molar-refractivity contribution is -0.120. The van der Waals surface area contributed by atoms with Gasteiger partial charge >= 0.3 is 0 Å².